The first kappa shape index (κ1) is 12.8. The number of H-pyrrole nitrogens is 1. The molecule has 0 aliphatic carbocycles. The molecule has 8 heteroatoms. The Morgan fingerprint density at radius 2 is 2.06 bits per heavy atom. The highest BCUT2D eigenvalue weighted by molar-refractivity contribution is 7.99. The van der Waals surface area contributed by atoms with Crippen LogP contribution in [0.4, 0.5) is 0 Å². The Bertz CT molecular complexity index is 347. The summed E-state index contributed by atoms with van der Waals surface area (Å²) in [6, 6.07) is 0. The summed E-state index contributed by atoms with van der Waals surface area (Å²) in [6.45, 7) is -0.430. The van der Waals surface area contributed by atoms with E-state index in [2.05, 4.69) is 9.97 Å². The molecule has 2 heterocycles. The molecular weight excluding hydrogens is 248 g/mol. The van der Waals surface area contributed by atoms with Crippen molar-refractivity contribution in [1.29, 1.82) is 0 Å². The van der Waals surface area contributed by atoms with Gasteiger partial charge in [0.25, 0.3) is 0 Å². The van der Waals surface area contributed by atoms with Crippen LogP contribution < -0.4 is 0 Å². The van der Waals surface area contributed by atoms with Crippen LogP contribution in [-0.4, -0.2) is 66.9 Å². The zero-order chi connectivity index (χ0) is 12.4. The van der Waals surface area contributed by atoms with Gasteiger partial charge in [0.05, 0.1) is 6.61 Å². The number of imidazole rings is 1. The van der Waals surface area contributed by atoms with E-state index in [1.165, 1.54) is 0 Å². The number of hydrogen-bond donors (Lipinski definition) is 5. The van der Waals surface area contributed by atoms with Crippen LogP contribution in [0.5, 0.6) is 0 Å². The van der Waals surface area contributed by atoms with E-state index < -0.39 is 36.5 Å². The molecule has 5 atom stereocenters. The van der Waals surface area contributed by atoms with Crippen molar-refractivity contribution in [3.05, 3.63) is 12.4 Å². The lowest BCUT2D eigenvalue weighted by atomic mass is 10.0. The quantitative estimate of drug-likeness (QED) is 0.440. The molecular formula is C9H14N2O5S. The van der Waals surface area contributed by atoms with Crippen molar-refractivity contribution < 1.29 is 25.2 Å². The average molecular weight is 262 g/mol. The predicted octanol–water partition coefficient (Wildman–Crippen LogP) is -1.70. The molecule has 96 valence electrons. The van der Waals surface area contributed by atoms with Crippen molar-refractivity contribution in [2.24, 2.45) is 0 Å². The molecule has 17 heavy (non-hydrogen) atoms. The number of aliphatic hydroxyl groups is 4. The summed E-state index contributed by atoms with van der Waals surface area (Å²) < 4.78 is 5.30. The summed E-state index contributed by atoms with van der Waals surface area (Å²) in [7, 11) is 0. The second kappa shape index (κ2) is 5.34. The van der Waals surface area contributed by atoms with Crippen molar-refractivity contribution in [3.8, 4) is 0 Å². The number of ether oxygens (including phenoxy) is 1. The zero-order valence-corrected chi connectivity index (χ0v) is 9.62. The third-order valence-corrected chi connectivity index (χ3v) is 3.62. The molecule has 1 aliphatic rings. The van der Waals surface area contributed by atoms with Crippen LogP contribution in [0.2, 0.25) is 0 Å². The zero-order valence-electron chi connectivity index (χ0n) is 8.80. The molecule has 0 unspecified atom stereocenters. The maximum atomic E-state index is 9.74. The third kappa shape index (κ3) is 2.62. The van der Waals surface area contributed by atoms with E-state index >= 15 is 0 Å². The average Bonchev–Trinajstić information content (AvgIpc) is 2.83. The minimum Gasteiger partial charge on any atom is -0.394 e. The summed E-state index contributed by atoms with van der Waals surface area (Å²) in [5.74, 6) is 0. The van der Waals surface area contributed by atoms with Gasteiger partial charge >= 0.3 is 0 Å². The topological polar surface area (TPSA) is 119 Å². The van der Waals surface area contributed by atoms with Crippen LogP contribution in [0, 0.1) is 0 Å². The van der Waals surface area contributed by atoms with Crippen LogP contribution >= 0.6 is 11.8 Å². The van der Waals surface area contributed by atoms with E-state index in [0.717, 1.165) is 11.8 Å². The first-order valence-corrected chi connectivity index (χ1v) is 5.98. The number of hydrogen-bond acceptors (Lipinski definition) is 7. The Morgan fingerprint density at radius 1 is 1.29 bits per heavy atom. The van der Waals surface area contributed by atoms with Crippen LogP contribution in [-0.2, 0) is 4.74 Å². The van der Waals surface area contributed by atoms with Crippen LogP contribution in [0.25, 0.3) is 0 Å². The van der Waals surface area contributed by atoms with Gasteiger partial charge < -0.3 is 30.1 Å². The van der Waals surface area contributed by atoms with Gasteiger partial charge in [0.2, 0.25) is 0 Å². The number of rotatable bonds is 3. The molecule has 0 spiro atoms. The molecule has 1 aliphatic heterocycles. The van der Waals surface area contributed by atoms with Crippen molar-refractivity contribution in [2.45, 2.75) is 35.0 Å². The molecule has 1 aromatic rings. The number of aromatic nitrogens is 2. The van der Waals surface area contributed by atoms with Gasteiger partial charge in [-0.15, -0.1) is 0 Å². The van der Waals surface area contributed by atoms with Crippen molar-refractivity contribution in [3.63, 3.8) is 0 Å². The highest BCUT2D eigenvalue weighted by Gasteiger charge is 2.44. The van der Waals surface area contributed by atoms with E-state index in [0.29, 0.717) is 5.16 Å². The van der Waals surface area contributed by atoms with Crippen molar-refractivity contribution in [2.75, 3.05) is 6.61 Å². The Hall–Kier alpha value is -0.640. The Balaban J connectivity index is 2.06. The number of nitrogens with zero attached hydrogens (tertiary/aromatic N) is 1. The molecule has 0 saturated carbocycles. The van der Waals surface area contributed by atoms with E-state index in [9.17, 15) is 15.3 Å². The summed E-state index contributed by atoms with van der Waals surface area (Å²) in [4.78, 5) is 6.77. The molecule has 0 aromatic carbocycles. The third-order valence-electron chi connectivity index (χ3n) is 2.55. The fraction of sp³-hybridized carbons (Fsp3) is 0.667. The molecule has 1 aromatic heterocycles. The lowest BCUT2D eigenvalue weighted by molar-refractivity contribution is -0.205. The molecule has 1 fully saturated rings. The summed E-state index contributed by atoms with van der Waals surface area (Å²) in [5, 5.41) is 38.4. The van der Waals surface area contributed by atoms with Gasteiger partial charge in [-0.25, -0.2) is 4.98 Å². The Morgan fingerprint density at radius 3 is 2.65 bits per heavy atom. The molecule has 7 nitrogen and oxygen atoms in total. The van der Waals surface area contributed by atoms with Gasteiger partial charge in [-0.2, -0.15) is 0 Å². The first-order chi connectivity index (χ1) is 8.13. The van der Waals surface area contributed by atoms with E-state index in [-0.39, 0.29) is 0 Å². The van der Waals surface area contributed by atoms with Crippen LogP contribution in [0.15, 0.2) is 17.6 Å². The molecule has 0 amide bonds. The van der Waals surface area contributed by atoms with E-state index in [1.54, 1.807) is 12.4 Å². The number of thioether (sulfide) groups is 1. The van der Waals surface area contributed by atoms with E-state index in [1.807, 2.05) is 0 Å². The minimum atomic E-state index is -1.35. The second-order valence-electron chi connectivity index (χ2n) is 3.71. The van der Waals surface area contributed by atoms with Gasteiger partial charge in [-0.1, -0.05) is 11.8 Å². The van der Waals surface area contributed by atoms with Gasteiger partial charge in [0.15, 0.2) is 5.16 Å². The Labute approximate surface area is 101 Å². The Kier molecular flexibility index (Phi) is 4.02. The lowest BCUT2D eigenvalue weighted by Gasteiger charge is -2.39. The highest BCUT2D eigenvalue weighted by Crippen LogP contribution is 2.31. The molecule has 0 bridgehead atoms. The standard InChI is InChI=1S/C9H14N2O5S/c12-3-4-5(13)6(14)7(15)8(16-4)17-9-10-1-2-11-9/h1-2,4-8,12-15H,3H2,(H,10,11)/t4-,5+,6+,7-,8-/m0/s1. The summed E-state index contributed by atoms with van der Waals surface area (Å²) >= 11 is 1.08. The first-order valence-electron chi connectivity index (χ1n) is 5.10. The monoisotopic (exact) mass is 262 g/mol. The molecule has 1 saturated heterocycles. The summed E-state index contributed by atoms with van der Waals surface area (Å²) in [5.41, 5.74) is -0.795. The predicted molar refractivity (Wildman–Crippen MR) is 58.2 cm³/mol. The number of nitrogens with one attached hydrogen (secondary N) is 1. The van der Waals surface area contributed by atoms with Gasteiger partial charge in [-0.05, 0) is 0 Å². The normalized spacial score (nSPS) is 38.2. The smallest absolute Gasteiger partial charge is 0.167 e. The van der Waals surface area contributed by atoms with Gasteiger partial charge in [-0.3, -0.25) is 0 Å². The van der Waals surface area contributed by atoms with Crippen LogP contribution in [0.1, 0.15) is 0 Å². The fourth-order valence-corrected chi connectivity index (χ4v) is 2.57. The molecule has 2 rings (SSSR count). The lowest BCUT2D eigenvalue weighted by Crippen LogP contribution is -2.57. The van der Waals surface area contributed by atoms with E-state index in [4.69, 9.17) is 9.84 Å². The van der Waals surface area contributed by atoms with Crippen molar-refractivity contribution >= 4 is 11.8 Å². The minimum absolute atomic E-state index is 0.430. The van der Waals surface area contributed by atoms with Crippen LogP contribution in [0.3, 0.4) is 0 Å². The van der Waals surface area contributed by atoms with Gasteiger partial charge in [0.1, 0.15) is 29.9 Å². The maximum absolute atomic E-state index is 9.74. The largest absolute Gasteiger partial charge is 0.394 e. The summed E-state index contributed by atoms with van der Waals surface area (Å²) in [6.07, 6.45) is -1.65. The number of aromatic amines is 1. The van der Waals surface area contributed by atoms with Gasteiger partial charge in [0, 0.05) is 12.4 Å². The SMILES string of the molecule is OC[C@@H]1O[C@@H](Sc2ncc[nH]2)[C@@H](O)[C@H](O)[C@@H]1O. The second-order valence-corrected chi connectivity index (χ2v) is 4.80. The maximum Gasteiger partial charge on any atom is 0.167 e. The molecule has 5 N–H and O–H groups in total. The van der Waals surface area contributed by atoms with Crippen molar-refractivity contribution in [1.82, 2.24) is 9.97 Å². The molecule has 0 radical (unpaired) electrons. The number of aliphatic hydroxyl groups excluding tert-OH is 4. The fourth-order valence-electron chi connectivity index (χ4n) is 1.59. The highest BCUT2D eigenvalue weighted by atomic mass is 32.2.